The fourth-order valence-electron chi connectivity index (χ4n) is 1.64. The van der Waals surface area contributed by atoms with Gasteiger partial charge in [0.15, 0.2) is 11.5 Å². The van der Waals surface area contributed by atoms with E-state index in [0.29, 0.717) is 11.6 Å². The lowest BCUT2D eigenvalue weighted by Gasteiger charge is -2.06. The molecule has 2 aromatic rings. The van der Waals surface area contributed by atoms with Gasteiger partial charge in [-0.3, -0.25) is 4.79 Å². The third-order valence-corrected chi connectivity index (χ3v) is 3.40. The lowest BCUT2D eigenvalue weighted by atomic mass is 10.4. The van der Waals surface area contributed by atoms with E-state index in [1.165, 1.54) is 16.7 Å². The average molecular weight is 294 g/mol. The number of carboxylic acids is 1. The van der Waals surface area contributed by atoms with E-state index in [4.69, 9.17) is 5.11 Å². The molecular formula is C12H14N4O3S. The maximum absolute atomic E-state index is 12.0. The van der Waals surface area contributed by atoms with Crippen LogP contribution in [0, 0.1) is 0 Å². The smallest absolute Gasteiger partial charge is 0.355 e. The first-order valence-electron chi connectivity index (χ1n) is 6.08. The summed E-state index contributed by atoms with van der Waals surface area (Å²) in [4.78, 5) is 30.7. The number of nitrogens with zero attached hydrogens (tertiary/aromatic N) is 3. The highest BCUT2D eigenvalue weighted by Gasteiger charge is 2.09. The van der Waals surface area contributed by atoms with Crippen LogP contribution in [-0.2, 0) is 13.1 Å². The molecule has 0 amide bonds. The van der Waals surface area contributed by atoms with Crippen molar-refractivity contribution in [3.8, 4) is 0 Å². The molecule has 0 unspecified atom stereocenters. The van der Waals surface area contributed by atoms with Crippen LogP contribution in [-0.4, -0.2) is 25.6 Å². The van der Waals surface area contributed by atoms with Crippen molar-refractivity contribution in [1.82, 2.24) is 14.5 Å². The number of aromatic carboxylic acids is 1. The number of anilines is 1. The highest BCUT2D eigenvalue weighted by molar-refractivity contribution is 7.09. The number of nitrogens with one attached hydrogen (secondary N) is 1. The highest BCUT2D eigenvalue weighted by Crippen LogP contribution is 2.10. The number of rotatable bonds is 6. The monoisotopic (exact) mass is 294 g/mol. The molecule has 0 saturated heterocycles. The maximum atomic E-state index is 12.0. The Morgan fingerprint density at radius 3 is 3.00 bits per heavy atom. The van der Waals surface area contributed by atoms with Crippen molar-refractivity contribution in [2.24, 2.45) is 0 Å². The quantitative estimate of drug-likeness (QED) is 0.836. The van der Waals surface area contributed by atoms with E-state index in [2.05, 4.69) is 15.3 Å². The Morgan fingerprint density at radius 1 is 1.55 bits per heavy atom. The van der Waals surface area contributed by atoms with Gasteiger partial charge in [-0.25, -0.2) is 14.8 Å². The molecule has 8 heteroatoms. The van der Waals surface area contributed by atoms with Crippen LogP contribution in [0.2, 0.25) is 0 Å². The second-order valence-corrected chi connectivity index (χ2v) is 5.00. The summed E-state index contributed by atoms with van der Waals surface area (Å²) in [6, 6.07) is 0. The number of aromatic nitrogens is 3. The molecule has 0 aliphatic heterocycles. The third-order valence-electron chi connectivity index (χ3n) is 2.56. The lowest BCUT2D eigenvalue weighted by molar-refractivity contribution is 0.0691. The van der Waals surface area contributed by atoms with E-state index >= 15 is 0 Å². The molecule has 0 saturated carbocycles. The van der Waals surface area contributed by atoms with Crippen molar-refractivity contribution in [3.05, 3.63) is 38.8 Å². The Bertz CT molecular complexity index is 665. The van der Waals surface area contributed by atoms with Crippen LogP contribution in [0.25, 0.3) is 0 Å². The lowest BCUT2D eigenvalue weighted by Crippen LogP contribution is -2.24. The van der Waals surface area contributed by atoms with E-state index < -0.39 is 5.97 Å². The molecule has 0 radical (unpaired) electrons. The van der Waals surface area contributed by atoms with Crippen LogP contribution in [0.4, 0.5) is 5.82 Å². The maximum Gasteiger partial charge on any atom is 0.355 e. The molecule has 0 bridgehead atoms. The van der Waals surface area contributed by atoms with Gasteiger partial charge in [-0.15, -0.1) is 11.3 Å². The summed E-state index contributed by atoms with van der Waals surface area (Å²) in [7, 11) is 0. The zero-order valence-electron chi connectivity index (χ0n) is 10.9. The molecule has 0 spiro atoms. The summed E-state index contributed by atoms with van der Waals surface area (Å²) in [5.74, 6) is -0.816. The Kier molecular flexibility index (Phi) is 4.46. The summed E-state index contributed by atoms with van der Waals surface area (Å²) in [5, 5.41) is 13.7. The molecule has 2 N–H and O–H groups in total. The van der Waals surface area contributed by atoms with Gasteiger partial charge in [-0.2, -0.15) is 0 Å². The van der Waals surface area contributed by atoms with Gasteiger partial charge in [0, 0.05) is 24.3 Å². The molecule has 0 fully saturated rings. The summed E-state index contributed by atoms with van der Waals surface area (Å²) in [6.45, 7) is 2.90. The molecular weight excluding hydrogens is 280 g/mol. The van der Waals surface area contributed by atoms with Gasteiger partial charge in [0.05, 0.1) is 6.54 Å². The van der Waals surface area contributed by atoms with E-state index in [1.807, 2.05) is 6.92 Å². The number of hydrogen-bond donors (Lipinski definition) is 2. The Morgan fingerprint density at radius 2 is 2.35 bits per heavy atom. The number of thiazole rings is 1. The zero-order valence-corrected chi connectivity index (χ0v) is 11.7. The van der Waals surface area contributed by atoms with E-state index in [-0.39, 0.29) is 23.6 Å². The Labute approximate surface area is 118 Å². The molecule has 106 valence electrons. The number of aryl methyl sites for hydroxylation is 1. The fourth-order valence-corrected chi connectivity index (χ4v) is 2.34. The first-order chi connectivity index (χ1) is 9.61. The molecule has 2 aromatic heterocycles. The van der Waals surface area contributed by atoms with Gasteiger partial charge in [-0.1, -0.05) is 6.92 Å². The number of hydrogen-bond acceptors (Lipinski definition) is 6. The van der Waals surface area contributed by atoms with Crippen molar-refractivity contribution in [2.75, 3.05) is 5.32 Å². The highest BCUT2D eigenvalue weighted by atomic mass is 32.1. The van der Waals surface area contributed by atoms with Crippen LogP contribution in [0.1, 0.15) is 28.8 Å². The zero-order chi connectivity index (χ0) is 14.5. The van der Waals surface area contributed by atoms with Crippen molar-refractivity contribution in [3.63, 3.8) is 0 Å². The van der Waals surface area contributed by atoms with Gasteiger partial charge in [-0.05, 0) is 6.42 Å². The van der Waals surface area contributed by atoms with Gasteiger partial charge < -0.3 is 15.0 Å². The first kappa shape index (κ1) is 14.2. The number of carboxylic acid groups (broad SMARTS) is 1. The Balaban J connectivity index is 2.08. The predicted molar refractivity (Wildman–Crippen MR) is 75.2 cm³/mol. The minimum Gasteiger partial charge on any atom is -0.476 e. The summed E-state index contributed by atoms with van der Waals surface area (Å²) in [6.07, 6.45) is 4.06. The van der Waals surface area contributed by atoms with Gasteiger partial charge in [0.25, 0.3) is 5.56 Å². The van der Waals surface area contributed by atoms with Gasteiger partial charge in [0.2, 0.25) is 0 Å². The van der Waals surface area contributed by atoms with Gasteiger partial charge >= 0.3 is 5.97 Å². The molecule has 0 aliphatic rings. The SMILES string of the molecule is CCCn1ccnc(NCc2nc(C(=O)O)cs2)c1=O. The summed E-state index contributed by atoms with van der Waals surface area (Å²) < 4.78 is 1.58. The summed E-state index contributed by atoms with van der Waals surface area (Å²) in [5.41, 5.74) is -0.180. The molecule has 0 aliphatic carbocycles. The van der Waals surface area contributed by atoms with Crippen LogP contribution in [0.15, 0.2) is 22.6 Å². The molecule has 0 aromatic carbocycles. The van der Waals surface area contributed by atoms with Crippen LogP contribution in [0.5, 0.6) is 0 Å². The average Bonchev–Trinajstić information content (AvgIpc) is 2.89. The standard InChI is InChI=1S/C12H14N4O3S/c1-2-4-16-5-3-13-10(11(16)17)14-6-9-15-8(7-20-9)12(18)19/h3,5,7H,2,4,6H2,1H3,(H,13,14)(H,18,19). The summed E-state index contributed by atoms with van der Waals surface area (Å²) >= 11 is 1.23. The van der Waals surface area contributed by atoms with Crippen LogP contribution >= 0.6 is 11.3 Å². The number of carbonyl (C=O) groups is 1. The van der Waals surface area contributed by atoms with Crippen molar-refractivity contribution >= 4 is 23.1 Å². The second kappa shape index (κ2) is 6.29. The first-order valence-corrected chi connectivity index (χ1v) is 6.96. The minimum atomic E-state index is -1.06. The minimum absolute atomic E-state index is 0.0104. The second-order valence-electron chi connectivity index (χ2n) is 4.06. The van der Waals surface area contributed by atoms with Crippen molar-refractivity contribution in [1.29, 1.82) is 0 Å². The van der Waals surface area contributed by atoms with E-state index in [1.54, 1.807) is 17.0 Å². The molecule has 0 atom stereocenters. The topological polar surface area (TPSA) is 97.1 Å². The normalized spacial score (nSPS) is 10.4. The predicted octanol–water partition coefficient (Wildman–Crippen LogP) is 1.42. The fraction of sp³-hybridized carbons (Fsp3) is 0.333. The van der Waals surface area contributed by atoms with E-state index in [9.17, 15) is 9.59 Å². The van der Waals surface area contributed by atoms with Crippen molar-refractivity contribution < 1.29 is 9.90 Å². The molecule has 2 rings (SSSR count). The Hall–Kier alpha value is -2.22. The largest absolute Gasteiger partial charge is 0.476 e. The van der Waals surface area contributed by atoms with Crippen LogP contribution < -0.4 is 10.9 Å². The molecule has 7 nitrogen and oxygen atoms in total. The van der Waals surface area contributed by atoms with Crippen molar-refractivity contribution in [2.45, 2.75) is 26.4 Å². The van der Waals surface area contributed by atoms with E-state index in [0.717, 1.165) is 6.42 Å². The molecule has 20 heavy (non-hydrogen) atoms. The third kappa shape index (κ3) is 3.21. The molecule has 2 heterocycles. The van der Waals surface area contributed by atoms with Gasteiger partial charge in [0.1, 0.15) is 5.01 Å². The van der Waals surface area contributed by atoms with Crippen LogP contribution in [0.3, 0.4) is 0 Å².